The lowest BCUT2D eigenvalue weighted by Gasteiger charge is -2.29. The molecule has 0 spiro atoms. The van der Waals surface area contributed by atoms with Crippen LogP contribution in [0.1, 0.15) is 32.4 Å². The topological polar surface area (TPSA) is 73.0 Å². The highest BCUT2D eigenvalue weighted by Gasteiger charge is 2.26. The zero-order valence-corrected chi connectivity index (χ0v) is 14.5. The summed E-state index contributed by atoms with van der Waals surface area (Å²) in [6.45, 7) is 8.04. The highest BCUT2D eigenvalue weighted by atomic mass is 16.4. The Labute approximate surface area is 139 Å². The molecule has 2 rings (SSSR count). The van der Waals surface area contributed by atoms with Crippen molar-refractivity contribution >= 4 is 5.96 Å². The number of aliphatic hydroxyl groups is 1. The average molecular weight is 322 g/mol. The second-order valence-corrected chi connectivity index (χ2v) is 6.57. The summed E-state index contributed by atoms with van der Waals surface area (Å²) in [7, 11) is 2.17. The highest BCUT2D eigenvalue weighted by molar-refractivity contribution is 5.79. The molecule has 0 aliphatic carbocycles. The van der Waals surface area contributed by atoms with Crippen LogP contribution in [0.15, 0.2) is 27.8 Å². The predicted octanol–water partition coefficient (Wildman–Crippen LogP) is 1.38. The summed E-state index contributed by atoms with van der Waals surface area (Å²) in [5, 5.41) is 17.1. The van der Waals surface area contributed by atoms with Crippen molar-refractivity contribution in [2.24, 2.45) is 10.9 Å². The van der Waals surface area contributed by atoms with E-state index in [-0.39, 0.29) is 6.54 Å². The minimum atomic E-state index is -1.10. The molecule has 6 heteroatoms. The molecule has 1 fully saturated rings. The fraction of sp³-hybridized carbons (Fsp3) is 0.706. The van der Waals surface area contributed by atoms with Crippen LogP contribution in [-0.4, -0.2) is 55.7 Å². The van der Waals surface area contributed by atoms with Gasteiger partial charge in [0.1, 0.15) is 11.4 Å². The number of rotatable bonds is 6. The first-order chi connectivity index (χ1) is 11.0. The van der Waals surface area contributed by atoms with Gasteiger partial charge >= 0.3 is 0 Å². The molecule has 2 heterocycles. The number of hydrogen-bond donors (Lipinski definition) is 3. The maximum atomic E-state index is 10.5. The van der Waals surface area contributed by atoms with E-state index in [1.54, 1.807) is 25.3 Å². The maximum absolute atomic E-state index is 10.5. The monoisotopic (exact) mass is 322 g/mol. The average Bonchev–Trinajstić information content (AvgIpc) is 3.07. The van der Waals surface area contributed by atoms with Crippen LogP contribution in [0.4, 0.5) is 0 Å². The van der Waals surface area contributed by atoms with Crippen molar-refractivity contribution in [2.45, 2.75) is 32.3 Å². The van der Waals surface area contributed by atoms with Crippen molar-refractivity contribution in [3.8, 4) is 0 Å². The lowest BCUT2D eigenvalue weighted by molar-refractivity contribution is 0.0437. The molecule has 3 N–H and O–H groups in total. The first-order valence-electron chi connectivity index (χ1n) is 8.48. The zero-order chi connectivity index (χ0) is 16.7. The van der Waals surface area contributed by atoms with Gasteiger partial charge < -0.3 is 25.1 Å². The SMILES string of the molecule is CCNC(=NCC(C)(O)c1ccco1)NCC1CCN(C)CC1. The van der Waals surface area contributed by atoms with Crippen LogP contribution in [-0.2, 0) is 5.60 Å². The molecule has 0 aromatic carbocycles. The van der Waals surface area contributed by atoms with Crippen molar-refractivity contribution < 1.29 is 9.52 Å². The van der Waals surface area contributed by atoms with Gasteiger partial charge in [0, 0.05) is 13.1 Å². The van der Waals surface area contributed by atoms with E-state index < -0.39 is 5.60 Å². The number of aliphatic imine (C=N–C) groups is 1. The third kappa shape index (κ3) is 5.55. The Kier molecular flexibility index (Phi) is 6.47. The molecule has 0 amide bonds. The number of hydrogen-bond acceptors (Lipinski definition) is 4. The van der Waals surface area contributed by atoms with Crippen molar-refractivity contribution in [2.75, 3.05) is 39.8 Å². The molecule has 130 valence electrons. The van der Waals surface area contributed by atoms with E-state index in [1.165, 1.54) is 12.8 Å². The Morgan fingerprint density at radius 3 is 2.78 bits per heavy atom. The lowest BCUT2D eigenvalue weighted by Crippen LogP contribution is -2.43. The van der Waals surface area contributed by atoms with Crippen LogP contribution in [0.25, 0.3) is 0 Å². The van der Waals surface area contributed by atoms with E-state index in [0.29, 0.717) is 11.7 Å². The Balaban J connectivity index is 1.87. The summed E-state index contributed by atoms with van der Waals surface area (Å²) in [6, 6.07) is 3.55. The van der Waals surface area contributed by atoms with E-state index in [1.807, 2.05) is 6.92 Å². The molecule has 23 heavy (non-hydrogen) atoms. The predicted molar refractivity (Wildman–Crippen MR) is 92.5 cm³/mol. The number of piperidine rings is 1. The van der Waals surface area contributed by atoms with Crippen molar-refractivity contribution in [3.05, 3.63) is 24.2 Å². The third-order valence-corrected chi connectivity index (χ3v) is 4.34. The quantitative estimate of drug-likeness (QED) is 0.545. The Morgan fingerprint density at radius 2 is 2.17 bits per heavy atom. The number of likely N-dealkylation sites (tertiary alicyclic amines) is 1. The smallest absolute Gasteiger partial charge is 0.191 e. The molecule has 1 aromatic rings. The molecule has 0 bridgehead atoms. The van der Waals surface area contributed by atoms with Gasteiger partial charge in [-0.1, -0.05) is 0 Å². The molecule has 1 saturated heterocycles. The van der Waals surface area contributed by atoms with Crippen LogP contribution < -0.4 is 10.6 Å². The van der Waals surface area contributed by atoms with Gasteiger partial charge in [0.05, 0.1) is 12.8 Å². The molecule has 1 unspecified atom stereocenters. The lowest BCUT2D eigenvalue weighted by atomic mass is 9.97. The fourth-order valence-electron chi connectivity index (χ4n) is 2.74. The van der Waals surface area contributed by atoms with Gasteiger partial charge in [-0.2, -0.15) is 0 Å². The number of guanidine groups is 1. The number of nitrogens with zero attached hydrogens (tertiary/aromatic N) is 2. The first kappa shape index (κ1) is 17.8. The van der Waals surface area contributed by atoms with Gasteiger partial charge in [-0.3, -0.25) is 0 Å². The summed E-state index contributed by atoms with van der Waals surface area (Å²) in [6.07, 6.45) is 4.00. The van der Waals surface area contributed by atoms with Gasteiger partial charge in [0.2, 0.25) is 0 Å². The first-order valence-corrected chi connectivity index (χ1v) is 8.48. The van der Waals surface area contributed by atoms with E-state index >= 15 is 0 Å². The van der Waals surface area contributed by atoms with E-state index in [0.717, 1.165) is 32.1 Å². The Bertz CT molecular complexity index is 477. The number of furan rings is 1. The molecule has 1 aliphatic heterocycles. The Morgan fingerprint density at radius 1 is 1.43 bits per heavy atom. The molecule has 0 radical (unpaired) electrons. The second-order valence-electron chi connectivity index (χ2n) is 6.57. The summed E-state index contributed by atoms with van der Waals surface area (Å²) >= 11 is 0. The van der Waals surface area contributed by atoms with Crippen molar-refractivity contribution in [3.63, 3.8) is 0 Å². The number of nitrogens with one attached hydrogen (secondary N) is 2. The fourth-order valence-corrected chi connectivity index (χ4v) is 2.74. The molecule has 1 aliphatic rings. The van der Waals surface area contributed by atoms with E-state index in [9.17, 15) is 5.11 Å². The molecule has 6 nitrogen and oxygen atoms in total. The minimum Gasteiger partial charge on any atom is -0.466 e. The molecular formula is C17H30N4O2. The standard InChI is InChI=1S/C17H30N4O2/c1-4-18-16(19-12-14-7-9-21(3)10-8-14)20-13-17(2,22)15-6-5-11-23-15/h5-6,11,14,22H,4,7-10,12-13H2,1-3H3,(H2,18,19,20). The van der Waals surface area contributed by atoms with Gasteiger partial charge in [-0.05, 0) is 64.9 Å². The normalized spacial score (nSPS) is 20.3. The summed E-state index contributed by atoms with van der Waals surface area (Å²) in [5.74, 6) is 1.96. The van der Waals surface area contributed by atoms with Crippen LogP contribution in [0.2, 0.25) is 0 Å². The van der Waals surface area contributed by atoms with Crippen LogP contribution in [0, 0.1) is 5.92 Å². The van der Waals surface area contributed by atoms with Crippen molar-refractivity contribution in [1.82, 2.24) is 15.5 Å². The zero-order valence-electron chi connectivity index (χ0n) is 14.5. The highest BCUT2D eigenvalue weighted by Crippen LogP contribution is 2.21. The van der Waals surface area contributed by atoms with E-state index in [4.69, 9.17) is 4.42 Å². The second kappa shape index (κ2) is 8.36. The minimum absolute atomic E-state index is 0.253. The van der Waals surface area contributed by atoms with Crippen molar-refractivity contribution in [1.29, 1.82) is 0 Å². The largest absolute Gasteiger partial charge is 0.466 e. The van der Waals surface area contributed by atoms with E-state index in [2.05, 4.69) is 27.6 Å². The van der Waals surface area contributed by atoms with Gasteiger partial charge in [0.25, 0.3) is 0 Å². The summed E-state index contributed by atoms with van der Waals surface area (Å²) in [4.78, 5) is 6.89. The molecule has 0 saturated carbocycles. The molecular weight excluding hydrogens is 292 g/mol. The van der Waals surface area contributed by atoms with Gasteiger partial charge in [0.15, 0.2) is 5.96 Å². The van der Waals surface area contributed by atoms with Crippen LogP contribution >= 0.6 is 0 Å². The van der Waals surface area contributed by atoms with Crippen LogP contribution in [0.5, 0.6) is 0 Å². The Hall–Kier alpha value is -1.53. The van der Waals surface area contributed by atoms with Crippen LogP contribution in [0.3, 0.4) is 0 Å². The van der Waals surface area contributed by atoms with Gasteiger partial charge in [-0.25, -0.2) is 4.99 Å². The molecule has 1 aromatic heterocycles. The summed E-state index contributed by atoms with van der Waals surface area (Å²) in [5.41, 5.74) is -1.10. The summed E-state index contributed by atoms with van der Waals surface area (Å²) < 4.78 is 5.29. The van der Waals surface area contributed by atoms with Gasteiger partial charge in [-0.15, -0.1) is 0 Å². The molecule has 1 atom stereocenters. The maximum Gasteiger partial charge on any atom is 0.191 e. The third-order valence-electron chi connectivity index (χ3n) is 4.34.